The lowest BCUT2D eigenvalue weighted by Crippen LogP contribution is -2.33. The number of aliphatic hydroxyl groups excluding tert-OH is 1. The monoisotopic (exact) mass is 190 g/mol. The van der Waals surface area contributed by atoms with E-state index in [0.717, 1.165) is 0 Å². The topological polar surface area (TPSA) is 127 Å². The molecule has 13 heavy (non-hydrogen) atoms. The van der Waals surface area contributed by atoms with Gasteiger partial charge in [-0.25, -0.2) is 0 Å². The Morgan fingerprint density at radius 2 is 1.85 bits per heavy atom. The largest absolute Gasteiger partial charge is 0.480 e. The van der Waals surface area contributed by atoms with Crippen molar-refractivity contribution >= 4 is 11.9 Å². The lowest BCUT2D eigenvalue weighted by Gasteiger charge is -1.96. The van der Waals surface area contributed by atoms with Gasteiger partial charge in [0.15, 0.2) is 0 Å². The van der Waals surface area contributed by atoms with Crippen LogP contribution in [0.25, 0.3) is 0 Å². The Bertz CT molecular complexity index is 191. The molecule has 0 aliphatic heterocycles. The summed E-state index contributed by atoms with van der Waals surface area (Å²) in [5, 5.41) is 15.9. The van der Waals surface area contributed by atoms with Crippen molar-refractivity contribution in [2.24, 2.45) is 11.5 Å². The van der Waals surface area contributed by atoms with Gasteiger partial charge in [0.25, 0.3) is 0 Å². The fourth-order valence-electron chi connectivity index (χ4n) is 0.0781. The van der Waals surface area contributed by atoms with Gasteiger partial charge in [0.1, 0.15) is 6.04 Å². The number of aliphatic carboxylic acids is 1. The number of rotatable bonds is 3. The minimum absolute atomic E-state index is 0.398. The molecule has 6 heteroatoms. The van der Waals surface area contributed by atoms with Crippen molar-refractivity contribution < 1.29 is 19.8 Å². The first-order chi connectivity index (χ1) is 5.82. The molecule has 76 valence electrons. The third-order valence-corrected chi connectivity index (χ3v) is 0.935. The average Bonchev–Trinajstić information content (AvgIpc) is 2.03. The minimum atomic E-state index is -1.18. The Morgan fingerprint density at radius 3 is 1.85 bits per heavy atom. The number of carbonyl (C=O) groups excluding carboxylic acids is 1. The van der Waals surface area contributed by atoms with Gasteiger partial charge in [0.05, 0.1) is 6.61 Å². The van der Waals surface area contributed by atoms with Crippen LogP contribution in [0.15, 0.2) is 12.2 Å². The van der Waals surface area contributed by atoms with Gasteiger partial charge >= 0.3 is 5.97 Å². The van der Waals surface area contributed by atoms with Gasteiger partial charge in [0, 0.05) is 5.57 Å². The molecule has 0 aromatic carbocycles. The number of aliphatic hydroxyl groups is 1. The van der Waals surface area contributed by atoms with Crippen molar-refractivity contribution in [2.45, 2.75) is 13.0 Å². The summed E-state index contributed by atoms with van der Waals surface area (Å²) in [7, 11) is 0. The first kappa shape index (κ1) is 14.1. The van der Waals surface area contributed by atoms with Crippen LogP contribution in [-0.4, -0.2) is 34.7 Å². The van der Waals surface area contributed by atoms with E-state index < -0.39 is 24.5 Å². The number of carboxylic acid groups (broad SMARTS) is 1. The maximum absolute atomic E-state index is 9.82. The summed E-state index contributed by atoms with van der Waals surface area (Å²) in [4.78, 5) is 19.5. The fraction of sp³-hybridized carbons (Fsp3) is 0.429. The van der Waals surface area contributed by atoms with Crippen molar-refractivity contribution in [3.8, 4) is 0 Å². The van der Waals surface area contributed by atoms with E-state index in [4.69, 9.17) is 21.7 Å². The lowest BCUT2D eigenvalue weighted by molar-refractivity contribution is -0.139. The van der Waals surface area contributed by atoms with E-state index in [-0.39, 0.29) is 0 Å². The first-order valence-corrected chi connectivity index (χ1v) is 3.37. The van der Waals surface area contributed by atoms with Gasteiger partial charge in [-0.3, -0.25) is 9.59 Å². The molecule has 0 fully saturated rings. The van der Waals surface area contributed by atoms with Gasteiger partial charge in [-0.1, -0.05) is 6.58 Å². The zero-order chi connectivity index (χ0) is 11.0. The van der Waals surface area contributed by atoms with Gasteiger partial charge in [-0.05, 0) is 6.92 Å². The summed E-state index contributed by atoms with van der Waals surface area (Å²) in [5.74, 6) is -1.61. The van der Waals surface area contributed by atoms with Gasteiger partial charge in [0.2, 0.25) is 5.91 Å². The third-order valence-electron chi connectivity index (χ3n) is 0.935. The maximum Gasteiger partial charge on any atom is 0.322 e. The maximum atomic E-state index is 9.82. The summed E-state index contributed by atoms with van der Waals surface area (Å²) in [6.07, 6.45) is 0. The molecule has 0 bridgehead atoms. The van der Waals surface area contributed by atoms with Crippen molar-refractivity contribution in [3.63, 3.8) is 0 Å². The van der Waals surface area contributed by atoms with Crippen LogP contribution in [0.4, 0.5) is 0 Å². The molecule has 1 amide bonds. The smallest absolute Gasteiger partial charge is 0.322 e. The van der Waals surface area contributed by atoms with E-state index in [9.17, 15) is 9.59 Å². The van der Waals surface area contributed by atoms with E-state index in [2.05, 4.69) is 6.58 Å². The molecule has 0 radical (unpaired) electrons. The van der Waals surface area contributed by atoms with E-state index in [1.807, 2.05) is 0 Å². The molecule has 0 saturated heterocycles. The van der Waals surface area contributed by atoms with Crippen LogP contribution < -0.4 is 11.5 Å². The quantitative estimate of drug-likeness (QED) is 0.400. The molecule has 0 rings (SSSR count). The Hall–Kier alpha value is -1.40. The first-order valence-electron chi connectivity index (χ1n) is 3.37. The summed E-state index contributed by atoms with van der Waals surface area (Å²) in [5.41, 5.74) is 9.86. The van der Waals surface area contributed by atoms with E-state index >= 15 is 0 Å². The minimum Gasteiger partial charge on any atom is -0.480 e. The molecule has 6 N–H and O–H groups in total. The van der Waals surface area contributed by atoms with Crippen LogP contribution in [0, 0.1) is 0 Å². The van der Waals surface area contributed by atoms with Crippen molar-refractivity contribution in [1.82, 2.24) is 0 Å². The average molecular weight is 190 g/mol. The highest BCUT2D eigenvalue weighted by molar-refractivity contribution is 5.90. The number of carboxylic acids is 1. The van der Waals surface area contributed by atoms with Gasteiger partial charge in [-0.15, -0.1) is 0 Å². The van der Waals surface area contributed by atoms with E-state index in [1.165, 1.54) is 0 Å². The molecule has 0 heterocycles. The van der Waals surface area contributed by atoms with Crippen LogP contribution in [0.5, 0.6) is 0 Å². The summed E-state index contributed by atoms with van der Waals surface area (Å²) in [6, 6.07) is -1.13. The second kappa shape index (κ2) is 7.26. The molecule has 0 aromatic heterocycles. The molecule has 0 saturated carbocycles. The molecule has 0 spiro atoms. The predicted octanol–water partition coefficient (Wildman–Crippen LogP) is -1.56. The summed E-state index contributed by atoms with van der Waals surface area (Å²) >= 11 is 0. The molecule has 0 aromatic rings. The van der Waals surface area contributed by atoms with Gasteiger partial charge < -0.3 is 21.7 Å². The highest BCUT2D eigenvalue weighted by atomic mass is 16.4. The van der Waals surface area contributed by atoms with Gasteiger partial charge in [-0.2, -0.15) is 0 Å². The fourth-order valence-corrected chi connectivity index (χ4v) is 0.0781. The second-order valence-corrected chi connectivity index (χ2v) is 2.27. The van der Waals surface area contributed by atoms with Crippen LogP contribution >= 0.6 is 0 Å². The molecule has 0 unspecified atom stereocenters. The summed E-state index contributed by atoms with van der Waals surface area (Å²) < 4.78 is 0. The Labute approximate surface area is 75.8 Å². The number of hydrogen-bond donors (Lipinski definition) is 4. The number of primary amides is 1. The summed E-state index contributed by atoms with van der Waals surface area (Å²) in [6.45, 7) is 4.35. The van der Waals surface area contributed by atoms with Crippen molar-refractivity contribution in [1.29, 1.82) is 0 Å². The van der Waals surface area contributed by atoms with Crippen LogP contribution in [0.3, 0.4) is 0 Å². The van der Waals surface area contributed by atoms with Crippen molar-refractivity contribution in [3.05, 3.63) is 12.2 Å². The zero-order valence-electron chi connectivity index (χ0n) is 7.36. The van der Waals surface area contributed by atoms with Crippen LogP contribution in [0.1, 0.15) is 6.92 Å². The predicted molar refractivity (Wildman–Crippen MR) is 46.7 cm³/mol. The SMILES string of the molecule is C=C(C)C(N)=O.N[C@@H](CO)C(=O)O. The van der Waals surface area contributed by atoms with Crippen LogP contribution in [-0.2, 0) is 9.59 Å². The highest BCUT2D eigenvalue weighted by Gasteiger charge is 2.06. The normalized spacial score (nSPS) is 10.7. The molecule has 6 nitrogen and oxygen atoms in total. The second-order valence-electron chi connectivity index (χ2n) is 2.27. The molecule has 1 atom stereocenters. The Morgan fingerprint density at radius 1 is 1.54 bits per heavy atom. The van der Waals surface area contributed by atoms with E-state index in [1.54, 1.807) is 6.92 Å². The molecule has 0 aliphatic carbocycles. The number of carbonyl (C=O) groups is 2. The van der Waals surface area contributed by atoms with Crippen LogP contribution in [0.2, 0.25) is 0 Å². The highest BCUT2D eigenvalue weighted by Crippen LogP contribution is 1.78. The van der Waals surface area contributed by atoms with E-state index in [0.29, 0.717) is 5.57 Å². The zero-order valence-corrected chi connectivity index (χ0v) is 7.36. The number of nitrogens with two attached hydrogens (primary N) is 2. The number of amides is 1. The number of hydrogen-bond acceptors (Lipinski definition) is 4. The molecular formula is C7H14N2O4. The standard InChI is InChI=1S/C4H7NO.C3H7NO3/c1-3(2)4(5)6;4-2(1-5)3(6)7/h1H2,2H3,(H2,5,6);2,5H,1,4H2,(H,6,7)/t;2-/m.0/s1. The van der Waals surface area contributed by atoms with Crippen molar-refractivity contribution in [2.75, 3.05) is 6.61 Å². The third kappa shape index (κ3) is 10.6. The Kier molecular flexibility index (Phi) is 7.90. The lowest BCUT2D eigenvalue weighted by atomic mass is 10.3. The molecule has 0 aliphatic rings. The molecular weight excluding hydrogens is 176 g/mol. The Balaban J connectivity index is 0.